The molecular weight excluding hydrogens is 474 g/mol. The molecule has 0 aliphatic carbocycles. The summed E-state index contributed by atoms with van der Waals surface area (Å²) in [5.41, 5.74) is 3.11. The number of anilines is 2. The van der Waals surface area contributed by atoms with Crippen LogP contribution in [0.1, 0.15) is 61.8 Å². The largest absolute Gasteiger partial charge is 0.493 e. The molecule has 0 saturated carbocycles. The smallest absolute Gasteiger partial charge is 0.358 e. The van der Waals surface area contributed by atoms with Crippen LogP contribution < -0.4 is 14.5 Å². The SMILES string of the molecule is CCOc1cc(N(CC)CC)ccc1C1(c2ccc(N(CC)CC)cc2Cl)OC(=O)c2ncccc21. The number of rotatable bonds is 10. The van der Waals surface area contributed by atoms with Crippen molar-refractivity contribution >= 4 is 28.9 Å². The average molecular weight is 508 g/mol. The van der Waals surface area contributed by atoms with Crippen LogP contribution in [-0.4, -0.2) is 43.7 Å². The summed E-state index contributed by atoms with van der Waals surface area (Å²) in [7, 11) is 0. The Morgan fingerprint density at radius 3 is 2.06 bits per heavy atom. The highest BCUT2D eigenvalue weighted by Crippen LogP contribution is 2.52. The zero-order valence-corrected chi connectivity index (χ0v) is 22.4. The van der Waals surface area contributed by atoms with E-state index < -0.39 is 11.6 Å². The number of ether oxygens (including phenoxy) is 2. The molecule has 1 aliphatic rings. The summed E-state index contributed by atoms with van der Waals surface area (Å²) in [6, 6.07) is 15.7. The number of halogens is 1. The Balaban J connectivity index is 2.00. The molecule has 0 amide bonds. The van der Waals surface area contributed by atoms with E-state index >= 15 is 0 Å². The summed E-state index contributed by atoms with van der Waals surface area (Å²) in [4.78, 5) is 22.0. The van der Waals surface area contributed by atoms with Gasteiger partial charge in [-0.3, -0.25) is 0 Å². The maximum atomic E-state index is 13.2. The van der Waals surface area contributed by atoms with E-state index in [0.717, 1.165) is 43.1 Å². The molecule has 1 unspecified atom stereocenters. The van der Waals surface area contributed by atoms with E-state index in [1.54, 1.807) is 6.20 Å². The highest BCUT2D eigenvalue weighted by atomic mass is 35.5. The molecule has 7 heteroatoms. The fourth-order valence-corrected chi connectivity index (χ4v) is 5.38. The second kappa shape index (κ2) is 10.8. The minimum atomic E-state index is -1.29. The Morgan fingerprint density at radius 2 is 1.47 bits per heavy atom. The molecule has 2 heterocycles. The molecule has 0 N–H and O–H groups in total. The van der Waals surface area contributed by atoms with Gasteiger partial charge in [-0.05, 0) is 65.0 Å². The first-order chi connectivity index (χ1) is 17.4. The van der Waals surface area contributed by atoms with Gasteiger partial charge in [-0.25, -0.2) is 9.78 Å². The van der Waals surface area contributed by atoms with Crippen molar-refractivity contribution in [3.05, 3.63) is 82.1 Å². The predicted octanol–water partition coefficient (Wildman–Crippen LogP) is 6.29. The molecule has 1 aromatic heterocycles. The number of esters is 1. The van der Waals surface area contributed by atoms with E-state index in [-0.39, 0.29) is 5.69 Å². The van der Waals surface area contributed by atoms with E-state index in [1.165, 1.54) is 0 Å². The van der Waals surface area contributed by atoms with Crippen LogP contribution in [0.4, 0.5) is 11.4 Å². The third kappa shape index (κ3) is 4.28. The lowest BCUT2D eigenvalue weighted by atomic mass is 9.80. The zero-order chi connectivity index (χ0) is 25.9. The van der Waals surface area contributed by atoms with Gasteiger partial charge in [0.15, 0.2) is 11.3 Å². The second-order valence-corrected chi connectivity index (χ2v) is 9.00. The molecule has 0 bridgehead atoms. The molecule has 0 fully saturated rings. The molecule has 0 spiro atoms. The van der Waals surface area contributed by atoms with Gasteiger partial charge >= 0.3 is 5.97 Å². The lowest BCUT2D eigenvalue weighted by Crippen LogP contribution is -2.31. The van der Waals surface area contributed by atoms with Crippen LogP contribution in [0.5, 0.6) is 5.75 Å². The Kier molecular flexibility index (Phi) is 7.74. The van der Waals surface area contributed by atoms with Gasteiger partial charge in [-0.15, -0.1) is 0 Å². The maximum Gasteiger partial charge on any atom is 0.358 e. The minimum Gasteiger partial charge on any atom is -0.493 e. The first kappa shape index (κ1) is 25.8. The summed E-state index contributed by atoms with van der Waals surface area (Å²) in [5.74, 6) is 0.167. The quantitative estimate of drug-likeness (QED) is 0.301. The van der Waals surface area contributed by atoms with E-state index in [9.17, 15) is 4.79 Å². The number of cyclic esters (lactones) is 1. The summed E-state index contributed by atoms with van der Waals surface area (Å²) < 4.78 is 12.4. The van der Waals surface area contributed by atoms with Crippen molar-refractivity contribution in [2.75, 3.05) is 42.6 Å². The van der Waals surface area contributed by atoms with Crippen LogP contribution in [0.15, 0.2) is 54.7 Å². The number of hydrogen-bond acceptors (Lipinski definition) is 6. The number of benzene rings is 2. The highest BCUT2D eigenvalue weighted by Gasteiger charge is 2.52. The summed E-state index contributed by atoms with van der Waals surface area (Å²) in [5, 5.41) is 0.513. The fourth-order valence-electron chi connectivity index (χ4n) is 5.08. The third-order valence-corrected chi connectivity index (χ3v) is 7.17. The van der Waals surface area contributed by atoms with Crippen LogP contribution >= 0.6 is 11.6 Å². The van der Waals surface area contributed by atoms with Crippen molar-refractivity contribution < 1.29 is 14.3 Å². The standard InChI is InChI=1S/C29H34ClN3O3/c1-6-32(7-2)20-13-15-22(25(30)18-20)29(24-12-11-17-31-27(24)28(34)36-29)23-16-14-21(33(8-3)9-4)19-26(23)35-10-5/h11-19H,6-10H2,1-5H3. The predicted molar refractivity (Wildman–Crippen MR) is 146 cm³/mol. The summed E-state index contributed by atoms with van der Waals surface area (Å²) >= 11 is 6.99. The van der Waals surface area contributed by atoms with E-state index in [4.69, 9.17) is 21.1 Å². The molecule has 6 nitrogen and oxygen atoms in total. The van der Waals surface area contributed by atoms with E-state index in [2.05, 4.69) is 42.5 Å². The lowest BCUT2D eigenvalue weighted by molar-refractivity contribution is 0.0241. The van der Waals surface area contributed by atoms with E-state index in [0.29, 0.717) is 28.5 Å². The molecule has 36 heavy (non-hydrogen) atoms. The maximum absolute atomic E-state index is 13.2. The summed E-state index contributed by atoms with van der Waals surface area (Å²) in [6.07, 6.45) is 1.61. The number of nitrogens with zero attached hydrogens (tertiary/aromatic N) is 3. The molecule has 4 rings (SSSR count). The molecule has 0 radical (unpaired) electrons. The van der Waals surface area contributed by atoms with Crippen LogP contribution in [0, 0.1) is 0 Å². The zero-order valence-electron chi connectivity index (χ0n) is 21.7. The van der Waals surface area contributed by atoms with Crippen molar-refractivity contribution in [3.63, 3.8) is 0 Å². The van der Waals surface area contributed by atoms with Gasteiger partial charge in [-0.1, -0.05) is 23.7 Å². The number of aromatic nitrogens is 1. The van der Waals surface area contributed by atoms with Crippen LogP contribution in [-0.2, 0) is 10.3 Å². The van der Waals surface area contributed by atoms with Crippen molar-refractivity contribution in [2.45, 2.75) is 40.2 Å². The third-order valence-electron chi connectivity index (χ3n) is 6.86. The van der Waals surface area contributed by atoms with Gasteiger partial charge in [0.25, 0.3) is 0 Å². The van der Waals surface area contributed by atoms with Crippen molar-refractivity contribution in [1.29, 1.82) is 0 Å². The van der Waals surface area contributed by atoms with Crippen molar-refractivity contribution in [2.24, 2.45) is 0 Å². The van der Waals surface area contributed by atoms with Gasteiger partial charge in [-0.2, -0.15) is 0 Å². The molecule has 1 atom stereocenters. The Labute approximate surface area is 218 Å². The summed E-state index contributed by atoms with van der Waals surface area (Å²) in [6.45, 7) is 14.3. The van der Waals surface area contributed by atoms with E-state index in [1.807, 2.05) is 55.5 Å². The molecule has 1 aliphatic heterocycles. The molecular formula is C29H34ClN3O3. The first-order valence-electron chi connectivity index (χ1n) is 12.7. The van der Waals surface area contributed by atoms with Gasteiger partial charge < -0.3 is 19.3 Å². The Hall–Kier alpha value is -3.25. The number of carbonyl (C=O) groups excluding carboxylic acids is 1. The van der Waals surface area contributed by atoms with Crippen LogP contribution in [0.3, 0.4) is 0 Å². The van der Waals surface area contributed by atoms with Gasteiger partial charge in [0.2, 0.25) is 0 Å². The number of fused-ring (bicyclic) bond motifs is 1. The van der Waals surface area contributed by atoms with Crippen molar-refractivity contribution in [3.8, 4) is 5.75 Å². The average Bonchev–Trinajstić information content (AvgIpc) is 3.19. The topological polar surface area (TPSA) is 54.9 Å². The number of pyridine rings is 1. The Morgan fingerprint density at radius 1 is 0.861 bits per heavy atom. The normalized spacial score (nSPS) is 16.4. The van der Waals surface area contributed by atoms with Gasteiger partial charge in [0.05, 0.1) is 11.6 Å². The monoisotopic (exact) mass is 507 g/mol. The number of carbonyl (C=O) groups is 1. The highest BCUT2D eigenvalue weighted by molar-refractivity contribution is 6.32. The minimum absolute atomic E-state index is 0.289. The second-order valence-electron chi connectivity index (χ2n) is 8.59. The fraction of sp³-hybridized carbons (Fsp3) is 0.379. The first-order valence-corrected chi connectivity index (χ1v) is 13.1. The lowest BCUT2D eigenvalue weighted by Gasteiger charge is -2.33. The molecule has 2 aromatic carbocycles. The van der Waals surface area contributed by atoms with Gasteiger partial charge in [0, 0.05) is 66.5 Å². The Bertz CT molecular complexity index is 1240. The molecule has 3 aromatic rings. The van der Waals surface area contributed by atoms with Crippen LogP contribution in [0.25, 0.3) is 0 Å². The molecule has 190 valence electrons. The van der Waals surface area contributed by atoms with Crippen LogP contribution in [0.2, 0.25) is 5.02 Å². The van der Waals surface area contributed by atoms with Gasteiger partial charge in [0.1, 0.15) is 5.75 Å². The van der Waals surface area contributed by atoms with Crippen molar-refractivity contribution in [1.82, 2.24) is 4.98 Å². The number of hydrogen-bond donors (Lipinski definition) is 0. The molecule has 0 saturated heterocycles.